The highest BCUT2D eigenvalue weighted by atomic mass is 32.2. The van der Waals surface area contributed by atoms with Crippen LogP contribution >= 0.6 is 11.8 Å². The Kier molecular flexibility index (Phi) is 3.85. The van der Waals surface area contributed by atoms with Crippen molar-refractivity contribution in [2.75, 3.05) is 0 Å². The first kappa shape index (κ1) is 12.5. The van der Waals surface area contributed by atoms with E-state index in [0.717, 1.165) is 9.79 Å². The summed E-state index contributed by atoms with van der Waals surface area (Å²) >= 11 is 1.54. The molecular formula is C15H12O2S. The zero-order chi connectivity index (χ0) is 13.0. The second-order valence-corrected chi connectivity index (χ2v) is 4.81. The Labute approximate surface area is 110 Å². The molecule has 0 radical (unpaired) electrons. The van der Waals surface area contributed by atoms with Gasteiger partial charge in [0.25, 0.3) is 0 Å². The van der Waals surface area contributed by atoms with Crippen LogP contribution in [-0.4, -0.2) is 11.1 Å². The Morgan fingerprint density at radius 1 is 1.00 bits per heavy atom. The minimum atomic E-state index is -0.990. The average Bonchev–Trinajstić information content (AvgIpc) is 2.39. The summed E-state index contributed by atoms with van der Waals surface area (Å²) in [6, 6.07) is 17.2. The Morgan fingerprint density at radius 2 is 1.61 bits per heavy atom. The minimum Gasteiger partial charge on any atom is -0.478 e. The van der Waals surface area contributed by atoms with E-state index in [1.54, 1.807) is 6.07 Å². The van der Waals surface area contributed by atoms with Gasteiger partial charge in [-0.15, -0.1) is 0 Å². The van der Waals surface area contributed by atoms with Crippen molar-refractivity contribution in [3.05, 3.63) is 66.7 Å². The first-order valence-corrected chi connectivity index (χ1v) is 6.24. The summed E-state index contributed by atoms with van der Waals surface area (Å²) in [5, 5.41) is 9.02. The molecule has 2 rings (SSSR count). The van der Waals surface area contributed by atoms with Crippen molar-refractivity contribution in [1.29, 1.82) is 0 Å². The molecular weight excluding hydrogens is 244 g/mol. The summed E-state index contributed by atoms with van der Waals surface area (Å²) in [6.45, 7) is 3.61. The van der Waals surface area contributed by atoms with E-state index in [1.165, 1.54) is 11.8 Å². The van der Waals surface area contributed by atoms with Crippen LogP contribution in [0.3, 0.4) is 0 Å². The zero-order valence-electron chi connectivity index (χ0n) is 9.67. The molecule has 18 heavy (non-hydrogen) atoms. The van der Waals surface area contributed by atoms with Crippen LogP contribution in [0.5, 0.6) is 0 Å². The molecule has 2 nitrogen and oxygen atoms in total. The number of rotatable bonds is 4. The van der Waals surface area contributed by atoms with Crippen molar-refractivity contribution in [1.82, 2.24) is 0 Å². The second kappa shape index (κ2) is 5.56. The summed E-state index contributed by atoms with van der Waals surface area (Å²) in [7, 11) is 0. The number of carbonyl (C=O) groups is 1. The molecule has 0 unspecified atom stereocenters. The van der Waals surface area contributed by atoms with Gasteiger partial charge in [-0.25, -0.2) is 4.79 Å². The number of carboxylic acid groups (broad SMARTS) is 1. The summed E-state index contributed by atoms with van der Waals surface area (Å²) in [4.78, 5) is 13.0. The van der Waals surface area contributed by atoms with Crippen molar-refractivity contribution in [3.8, 4) is 0 Å². The highest BCUT2D eigenvalue weighted by molar-refractivity contribution is 7.99. The van der Waals surface area contributed by atoms with Crippen LogP contribution in [-0.2, 0) is 4.79 Å². The molecule has 0 saturated heterocycles. The number of carboxylic acids is 1. The first-order valence-electron chi connectivity index (χ1n) is 5.43. The number of benzene rings is 2. The molecule has 0 amide bonds. The van der Waals surface area contributed by atoms with Gasteiger partial charge in [0, 0.05) is 15.4 Å². The highest BCUT2D eigenvalue weighted by Crippen LogP contribution is 2.33. The predicted octanol–water partition coefficient (Wildman–Crippen LogP) is 3.94. The molecule has 0 aliphatic rings. The first-order chi connectivity index (χ1) is 8.68. The van der Waals surface area contributed by atoms with Gasteiger partial charge in [0.15, 0.2) is 0 Å². The van der Waals surface area contributed by atoms with Gasteiger partial charge in [-0.05, 0) is 18.2 Å². The summed E-state index contributed by atoms with van der Waals surface area (Å²) < 4.78 is 0. The fourth-order valence-electron chi connectivity index (χ4n) is 1.54. The zero-order valence-corrected chi connectivity index (χ0v) is 10.5. The van der Waals surface area contributed by atoms with Crippen molar-refractivity contribution >= 4 is 23.3 Å². The molecule has 0 saturated carbocycles. The monoisotopic (exact) mass is 256 g/mol. The minimum absolute atomic E-state index is 0.119. The molecule has 2 aromatic carbocycles. The average molecular weight is 256 g/mol. The number of aliphatic carboxylic acids is 1. The Hall–Kier alpha value is -2.00. The standard InChI is InChI=1S/C15H12O2S/c1-11(15(16)17)13-9-5-6-10-14(13)18-12-7-3-2-4-8-12/h2-10H,1H2,(H,16,17). The fourth-order valence-corrected chi connectivity index (χ4v) is 2.53. The largest absolute Gasteiger partial charge is 0.478 e. The van der Waals surface area contributed by atoms with E-state index in [0.29, 0.717) is 5.56 Å². The van der Waals surface area contributed by atoms with Crippen LogP contribution in [0.1, 0.15) is 5.56 Å². The molecule has 0 fully saturated rings. The van der Waals surface area contributed by atoms with Gasteiger partial charge in [-0.2, -0.15) is 0 Å². The number of hydrogen-bond acceptors (Lipinski definition) is 2. The molecule has 0 atom stereocenters. The molecule has 1 N–H and O–H groups in total. The molecule has 3 heteroatoms. The third-order valence-corrected chi connectivity index (χ3v) is 3.53. The maximum absolute atomic E-state index is 11.0. The molecule has 0 aliphatic heterocycles. The third kappa shape index (κ3) is 2.81. The maximum atomic E-state index is 11.0. The molecule has 0 aromatic heterocycles. The van der Waals surface area contributed by atoms with Crippen LogP contribution in [0, 0.1) is 0 Å². The predicted molar refractivity (Wildman–Crippen MR) is 73.7 cm³/mol. The van der Waals surface area contributed by atoms with E-state index in [1.807, 2.05) is 48.5 Å². The molecule has 0 bridgehead atoms. The fraction of sp³-hybridized carbons (Fsp3) is 0. The van der Waals surface area contributed by atoms with Crippen molar-refractivity contribution < 1.29 is 9.90 Å². The maximum Gasteiger partial charge on any atom is 0.335 e. The summed E-state index contributed by atoms with van der Waals surface area (Å²) in [6.07, 6.45) is 0. The molecule has 0 aliphatic carbocycles. The van der Waals surface area contributed by atoms with Gasteiger partial charge < -0.3 is 5.11 Å². The van der Waals surface area contributed by atoms with E-state index in [2.05, 4.69) is 6.58 Å². The Bertz CT molecular complexity index is 576. The van der Waals surface area contributed by atoms with Gasteiger partial charge in [-0.3, -0.25) is 0 Å². The molecule has 0 spiro atoms. The van der Waals surface area contributed by atoms with Crippen LogP contribution < -0.4 is 0 Å². The Morgan fingerprint density at radius 3 is 2.28 bits per heavy atom. The molecule has 2 aromatic rings. The van der Waals surface area contributed by atoms with E-state index < -0.39 is 5.97 Å². The van der Waals surface area contributed by atoms with E-state index in [4.69, 9.17) is 5.11 Å². The second-order valence-electron chi connectivity index (χ2n) is 3.69. The molecule has 0 heterocycles. The van der Waals surface area contributed by atoms with Crippen molar-refractivity contribution in [3.63, 3.8) is 0 Å². The van der Waals surface area contributed by atoms with Crippen molar-refractivity contribution in [2.45, 2.75) is 9.79 Å². The molecule has 90 valence electrons. The third-order valence-electron chi connectivity index (χ3n) is 2.44. The lowest BCUT2D eigenvalue weighted by Gasteiger charge is -2.08. The van der Waals surface area contributed by atoms with Gasteiger partial charge in [0.2, 0.25) is 0 Å². The van der Waals surface area contributed by atoms with Crippen LogP contribution in [0.25, 0.3) is 5.57 Å². The van der Waals surface area contributed by atoms with E-state index >= 15 is 0 Å². The van der Waals surface area contributed by atoms with Crippen molar-refractivity contribution in [2.24, 2.45) is 0 Å². The smallest absolute Gasteiger partial charge is 0.335 e. The lowest BCUT2D eigenvalue weighted by atomic mass is 10.1. The summed E-state index contributed by atoms with van der Waals surface area (Å²) in [5.74, 6) is -0.990. The topological polar surface area (TPSA) is 37.3 Å². The van der Waals surface area contributed by atoms with Gasteiger partial charge in [0.1, 0.15) is 0 Å². The van der Waals surface area contributed by atoms with Gasteiger partial charge in [-0.1, -0.05) is 54.7 Å². The normalized spacial score (nSPS) is 10.0. The lowest BCUT2D eigenvalue weighted by molar-refractivity contribution is -0.130. The Balaban J connectivity index is 2.34. The van der Waals surface area contributed by atoms with E-state index in [9.17, 15) is 4.79 Å². The highest BCUT2D eigenvalue weighted by Gasteiger charge is 2.12. The quantitative estimate of drug-likeness (QED) is 0.842. The van der Waals surface area contributed by atoms with Crippen LogP contribution in [0.2, 0.25) is 0 Å². The SMILES string of the molecule is C=C(C(=O)O)c1ccccc1Sc1ccccc1. The van der Waals surface area contributed by atoms with Gasteiger partial charge in [0.05, 0.1) is 5.57 Å². The van der Waals surface area contributed by atoms with Gasteiger partial charge >= 0.3 is 5.97 Å². The van der Waals surface area contributed by atoms with E-state index in [-0.39, 0.29) is 5.57 Å². The van der Waals surface area contributed by atoms with Crippen LogP contribution in [0.15, 0.2) is 71.0 Å². The summed E-state index contributed by atoms with van der Waals surface area (Å²) in [5.41, 5.74) is 0.785. The number of hydrogen-bond donors (Lipinski definition) is 1. The lowest BCUT2D eigenvalue weighted by Crippen LogP contribution is -1.99. The van der Waals surface area contributed by atoms with Crippen LogP contribution in [0.4, 0.5) is 0 Å².